The van der Waals surface area contributed by atoms with Gasteiger partial charge >= 0.3 is 4.87 Å². The van der Waals surface area contributed by atoms with E-state index in [1.165, 1.54) is 54.0 Å². The van der Waals surface area contributed by atoms with Crippen molar-refractivity contribution < 1.29 is 9.90 Å². The van der Waals surface area contributed by atoms with Crippen LogP contribution in [0.2, 0.25) is 0 Å². The van der Waals surface area contributed by atoms with Crippen LogP contribution in [0.1, 0.15) is 35.6 Å². The number of anilines is 2. The summed E-state index contributed by atoms with van der Waals surface area (Å²) in [6.07, 6.45) is 3.85. The van der Waals surface area contributed by atoms with E-state index >= 15 is 0 Å². The number of nitrogens with zero attached hydrogens (tertiary/aromatic N) is 2. The van der Waals surface area contributed by atoms with E-state index in [0.29, 0.717) is 28.7 Å². The highest BCUT2D eigenvalue weighted by molar-refractivity contribution is 8.00. The molecule has 182 valence electrons. The maximum Gasteiger partial charge on any atom is 0.308 e. The predicted octanol–water partition coefficient (Wildman–Crippen LogP) is 4.97. The predicted molar refractivity (Wildman–Crippen MR) is 142 cm³/mol. The largest absolute Gasteiger partial charge is 0.508 e. The van der Waals surface area contributed by atoms with Gasteiger partial charge in [-0.1, -0.05) is 23.5 Å². The van der Waals surface area contributed by atoms with E-state index in [1.807, 2.05) is 25.9 Å². The number of rotatable bonds is 5. The van der Waals surface area contributed by atoms with Crippen molar-refractivity contribution in [2.24, 2.45) is 17.8 Å². The van der Waals surface area contributed by atoms with Gasteiger partial charge < -0.3 is 15.3 Å². The van der Waals surface area contributed by atoms with E-state index in [-0.39, 0.29) is 29.0 Å². The standard InChI is InChI=1S/C27H29N3O3S2/c1-29(2)19-9-5-15(6-10-19)22-23-16-3-4-17(13-16)24(23)34-26-25(22)35-27(33)30(26)14-21(32)28-18-7-11-20(31)12-8-18/h5-12,16-17,22-24,31H,3-4,13-14H2,1-2H3,(H,28,32). The van der Waals surface area contributed by atoms with Crippen molar-refractivity contribution in [3.05, 3.63) is 68.6 Å². The average Bonchev–Trinajstić information content (AvgIpc) is 3.54. The Balaban J connectivity index is 1.35. The molecule has 0 saturated heterocycles. The first-order valence-corrected chi connectivity index (χ1v) is 13.8. The number of amides is 1. The summed E-state index contributed by atoms with van der Waals surface area (Å²) in [6, 6.07) is 15.2. The monoisotopic (exact) mass is 507 g/mol. The fourth-order valence-electron chi connectivity index (χ4n) is 6.33. The minimum absolute atomic E-state index is 0.00366. The van der Waals surface area contributed by atoms with Gasteiger partial charge in [0, 0.05) is 41.5 Å². The minimum atomic E-state index is -0.235. The molecule has 2 fully saturated rings. The molecule has 2 bridgehead atoms. The number of aromatic nitrogens is 1. The molecule has 5 atom stereocenters. The number of phenolic OH excluding ortho intramolecular Hbond substituents is 1. The molecule has 2 aromatic carbocycles. The van der Waals surface area contributed by atoms with Gasteiger partial charge in [-0.2, -0.15) is 0 Å². The SMILES string of the molecule is CN(C)c1ccc(C2c3sc(=O)n(CC(=O)Nc4ccc(O)cc4)c3SC3C4CCC(C4)C23)cc1. The molecule has 3 aliphatic rings. The zero-order valence-corrected chi connectivity index (χ0v) is 21.4. The van der Waals surface area contributed by atoms with Crippen LogP contribution in [0.25, 0.3) is 0 Å². The second-order valence-electron chi connectivity index (χ2n) is 10.2. The molecule has 1 amide bonds. The smallest absolute Gasteiger partial charge is 0.308 e. The molecule has 1 aromatic heterocycles. The summed E-state index contributed by atoms with van der Waals surface area (Å²) in [5.74, 6) is 2.08. The molecule has 5 unspecified atom stereocenters. The van der Waals surface area contributed by atoms with Crippen molar-refractivity contribution in [3.8, 4) is 5.75 Å². The Morgan fingerprint density at radius 3 is 2.51 bits per heavy atom. The van der Waals surface area contributed by atoms with E-state index in [2.05, 4.69) is 34.5 Å². The number of benzene rings is 2. The molecule has 35 heavy (non-hydrogen) atoms. The van der Waals surface area contributed by atoms with Crippen LogP contribution in [0.3, 0.4) is 0 Å². The first kappa shape index (κ1) is 22.7. The van der Waals surface area contributed by atoms with Crippen LogP contribution in [0.5, 0.6) is 5.75 Å². The van der Waals surface area contributed by atoms with Gasteiger partial charge in [0.05, 0.1) is 5.03 Å². The third-order valence-electron chi connectivity index (χ3n) is 7.91. The van der Waals surface area contributed by atoms with E-state index in [1.54, 1.807) is 16.7 Å². The fraction of sp³-hybridized carbons (Fsp3) is 0.407. The highest BCUT2D eigenvalue weighted by Crippen LogP contribution is 2.64. The topological polar surface area (TPSA) is 74.6 Å². The summed E-state index contributed by atoms with van der Waals surface area (Å²) in [4.78, 5) is 29.2. The number of phenols is 1. The maximum absolute atomic E-state index is 13.2. The lowest BCUT2D eigenvalue weighted by molar-refractivity contribution is -0.116. The third kappa shape index (κ3) is 3.96. The van der Waals surface area contributed by atoms with Crippen LogP contribution in [0.15, 0.2) is 58.4 Å². The number of aromatic hydroxyl groups is 1. The minimum Gasteiger partial charge on any atom is -0.508 e. The van der Waals surface area contributed by atoms with E-state index < -0.39 is 0 Å². The third-order valence-corrected chi connectivity index (χ3v) is 10.7. The lowest BCUT2D eigenvalue weighted by Gasteiger charge is -2.40. The number of nitrogens with one attached hydrogen (secondary N) is 1. The quantitative estimate of drug-likeness (QED) is 0.477. The van der Waals surface area contributed by atoms with Crippen molar-refractivity contribution in [1.82, 2.24) is 4.57 Å². The van der Waals surface area contributed by atoms with Gasteiger partial charge in [-0.15, -0.1) is 11.8 Å². The summed E-state index contributed by atoms with van der Waals surface area (Å²) in [5.41, 5.74) is 3.05. The Kier molecular flexibility index (Phi) is 5.68. The van der Waals surface area contributed by atoms with Crippen LogP contribution in [0.4, 0.5) is 11.4 Å². The van der Waals surface area contributed by atoms with Gasteiger partial charge in [0.2, 0.25) is 5.91 Å². The number of carbonyl (C=O) groups is 1. The van der Waals surface area contributed by atoms with E-state index in [9.17, 15) is 14.7 Å². The highest BCUT2D eigenvalue weighted by Gasteiger charge is 2.55. The fourth-order valence-corrected chi connectivity index (χ4v) is 9.48. The van der Waals surface area contributed by atoms with Gasteiger partial charge in [-0.3, -0.25) is 14.2 Å². The highest BCUT2D eigenvalue weighted by atomic mass is 32.2. The molecular formula is C27H29N3O3S2. The normalized spacial score (nSPS) is 26.3. The summed E-state index contributed by atoms with van der Waals surface area (Å²) in [7, 11) is 4.09. The second kappa shape index (κ2) is 8.75. The Morgan fingerprint density at radius 1 is 1.09 bits per heavy atom. The van der Waals surface area contributed by atoms with Crippen molar-refractivity contribution in [1.29, 1.82) is 0 Å². The van der Waals surface area contributed by atoms with Crippen LogP contribution >= 0.6 is 23.1 Å². The molecule has 1 aliphatic heterocycles. The number of thioether (sulfide) groups is 1. The molecule has 2 heterocycles. The van der Waals surface area contributed by atoms with Gasteiger partial charge in [-0.25, -0.2) is 0 Å². The van der Waals surface area contributed by atoms with Crippen LogP contribution in [-0.4, -0.2) is 34.9 Å². The maximum atomic E-state index is 13.2. The Morgan fingerprint density at radius 2 is 1.80 bits per heavy atom. The Hall–Kier alpha value is -2.71. The lowest BCUT2D eigenvalue weighted by atomic mass is 9.75. The molecule has 2 N–H and O–H groups in total. The molecule has 0 radical (unpaired) electrons. The Bertz CT molecular complexity index is 1310. The van der Waals surface area contributed by atoms with Crippen molar-refractivity contribution in [2.45, 2.75) is 42.0 Å². The molecule has 2 aliphatic carbocycles. The zero-order valence-electron chi connectivity index (χ0n) is 19.8. The average molecular weight is 508 g/mol. The van der Waals surface area contributed by atoms with Crippen LogP contribution in [0, 0.1) is 17.8 Å². The number of fused-ring (bicyclic) bond motifs is 6. The molecule has 2 saturated carbocycles. The summed E-state index contributed by atoms with van der Waals surface area (Å²) < 4.78 is 1.68. The number of hydrogen-bond donors (Lipinski definition) is 2. The van der Waals surface area contributed by atoms with E-state index in [4.69, 9.17) is 0 Å². The van der Waals surface area contributed by atoms with Crippen molar-refractivity contribution in [3.63, 3.8) is 0 Å². The summed E-state index contributed by atoms with van der Waals surface area (Å²) >= 11 is 3.17. The lowest BCUT2D eigenvalue weighted by Crippen LogP contribution is -2.34. The van der Waals surface area contributed by atoms with Crippen LogP contribution < -0.4 is 15.1 Å². The molecule has 0 spiro atoms. The van der Waals surface area contributed by atoms with Crippen molar-refractivity contribution >= 4 is 40.4 Å². The van der Waals surface area contributed by atoms with Gasteiger partial charge in [0.25, 0.3) is 0 Å². The van der Waals surface area contributed by atoms with Gasteiger partial charge in [0.15, 0.2) is 0 Å². The first-order chi connectivity index (χ1) is 16.9. The number of hydrogen-bond acceptors (Lipinski definition) is 6. The molecule has 8 heteroatoms. The first-order valence-electron chi connectivity index (χ1n) is 12.2. The second-order valence-corrected chi connectivity index (χ2v) is 12.3. The summed E-state index contributed by atoms with van der Waals surface area (Å²) in [5, 5.41) is 13.8. The van der Waals surface area contributed by atoms with Gasteiger partial charge in [0.1, 0.15) is 12.3 Å². The molecule has 6 rings (SSSR count). The van der Waals surface area contributed by atoms with Crippen LogP contribution in [-0.2, 0) is 11.3 Å². The van der Waals surface area contributed by atoms with Gasteiger partial charge in [-0.05, 0) is 79.0 Å². The number of thiazole rings is 1. The molecular weight excluding hydrogens is 478 g/mol. The summed E-state index contributed by atoms with van der Waals surface area (Å²) in [6.45, 7) is -0.00366. The van der Waals surface area contributed by atoms with Crippen molar-refractivity contribution in [2.75, 3.05) is 24.3 Å². The Labute approximate surface area is 213 Å². The molecule has 6 nitrogen and oxygen atoms in total. The zero-order chi connectivity index (χ0) is 24.3. The molecule has 3 aromatic rings. The van der Waals surface area contributed by atoms with E-state index in [0.717, 1.165) is 9.90 Å². The number of carbonyl (C=O) groups excluding carboxylic acids is 1.